The van der Waals surface area contributed by atoms with E-state index < -0.39 is 21.8 Å². The highest BCUT2D eigenvalue weighted by Crippen LogP contribution is 2.21. The molecule has 3 aromatic carbocycles. The number of benzene rings is 3. The van der Waals surface area contributed by atoms with Crippen LogP contribution >= 0.6 is 11.6 Å². The van der Waals surface area contributed by atoms with E-state index in [9.17, 15) is 17.2 Å². The van der Waals surface area contributed by atoms with Crippen molar-refractivity contribution in [3.63, 3.8) is 0 Å². The number of hydrogen-bond acceptors (Lipinski definition) is 4. The quantitative estimate of drug-likeness (QED) is 0.435. The Morgan fingerprint density at radius 2 is 1.59 bits per heavy atom. The summed E-state index contributed by atoms with van der Waals surface area (Å²) >= 11 is 5.74. The zero-order valence-electron chi connectivity index (χ0n) is 13.6. The Balaban J connectivity index is 1.73. The summed E-state index contributed by atoms with van der Waals surface area (Å²) in [6.07, 6.45) is 1.37. The van der Waals surface area contributed by atoms with Crippen molar-refractivity contribution < 1.29 is 21.4 Å². The van der Waals surface area contributed by atoms with Crippen LogP contribution in [0, 0.1) is 11.6 Å². The van der Waals surface area contributed by atoms with Crippen LogP contribution in [0.1, 0.15) is 5.56 Å². The van der Waals surface area contributed by atoms with Gasteiger partial charge < -0.3 is 4.18 Å². The second-order valence-corrected chi connectivity index (χ2v) is 7.40. The number of nitrogens with zero attached hydrogens (tertiary/aromatic N) is 1. The molecule has 0 aromatic heterocycles. The molecule has 0 aliphatic carbocycles. The Labute approximate surface area is 159 Å². The number of hydrogen-bond donors (Lipinski definition) is 0. The number of rotatable bonds is 5. The molecule has 3 rings (SSSR count). The fourth-order valence-corrected chi connectivity index (χ4v) is 3.17. The van der Waals surface area contributed by atoms with Crippen molar-refractivity contribution in [1.82, 2.24) is 0 Å². The zero-order valence-corrected chi connectivity index (χ0v) is 15.2. The van der Waals surface area contributed by atoms with Crippen LogP contribution in [0.3, 0.4) is 0 Å². The van der Waals surface area contributed by atoms with Gasteiger partial charge >= 0.3 is 10.1 Å². The largest absolute Gasteiger partial charge is 0.379 e. The van der Waals surface area contributed by atoms with Gasteiger partial charge in [-0.1, -0.05) is 11.6 Å². The van der Waals surface area contributed by atoms with Gasteiger partial charge in [-0.15, -0.1) is 0 Å². The van der Waals surface area contributed by atoms with Gasteiger partial charge in [-0.05, 0) is 66.2 Å². The molecule has 0 aliphatic heterocycles. The van der Waals surface area contributed by atoms with Crippen molar-refractivity contribution in [2.24, 2.45) is 4.99 Å². The van der Waals surface area contributed by atoms with Gasteiger partial charge in [0.2, 0.25) is 0 Å². The summed E-state index contributed by atoms with van der Waals surface area (Å²) in [5.74, 6) is -1.36. The molecule has 0 bridgehead atoms. The molecule has 0 saturated heterocycles. The zero-order chi connectivity index (χ0) is 19.4. The van der Waals surface area contributed by atoms with Crippen LogP contribution in [-0.2, 0) is 10.1 Å². The van der Waals surface area contributed by atoms with Crippen molar-refractivity contribution >= 4 is 33.6 Å². The molecule has 0 N–H and O–H groups in total. The SMILES string of the molecule is O=S(=O)(Oc1ccc(/C=N/c2ccc(F)cc2F)cc1)c1ccc(Cl)cc1. The predicted molar refractivity (Wildman–Crippen MR) is 99.3 cm³/mol. The van der Waals surface area contributed by atoms with Crippen LogP contribution in [0.2, 0.25) is 5.02 Å². The summed E-state index contributed by atoms with van der Waals surface area (Å²) in [6.45, 7) is 0. The number of halogens is 3. The lowest BCUT2D eigenvalue weighted by Crippen LogP contribution is -2.09. The van der Waals surface area contributed by atoms with E-state index in [0.717, 1.165) is 12.1 Å². The minimum absolute atomic E-state index is 0.0120. The summed E-state index contributed by atoms with van der Waals surface area (Å²) in [6, 6.07) is 14.6. The minimum Gasteiger partial charge on any atom is -0.379 e. The lowest BCUT2D eigenvalue weighted by atomic mass is 10.2. The molecule has 138 valence electrons. The van der Waals surface area contributed by atoms with Crippen molar-refractivity contribution in [1.29, 1.82) is 0 Å². The van der Waals surface area contributed by atoms with E-state index in [1.54, 1.807) is 12.1 Å². The Kier molecular flexibility index (Phi) is 5.53. The van der Waals surface area contributed by atoms with E-state index in [1.165, 1.54) is 48.7 Å². The van der Waals surface area contributed by atoms with Crippen LogP contribution in [0.15, 0.2) is 76.6 Å². The summed E-state index contributed by atoms with van der Waals surface area (Å²) in [5, 5.41) is 0.412. The van der Waals surface area contributed by atoms with Crippen LogP contribution in [0.4, 0.5) is 14.5 Å². The summed E-state index contributed by atoms with van der Waals surface area (Å²) in [5.41, 5.74) is 0.567. The Hall–Kier alpha value is -2.77. The first kappa shape index (κ1) is 19.0. The smallest absolute Gasteiger partial charge is 0.339 e. The normalized spacial score (nSPS) is 11.7. The maximum atomic E-state index is 13.5. The molecule has 0 spiro atoms. The maximum absolute atomic E-state index is 13.5. The maximum Gasteiger partial charge on any atom is 0.339 e. The first-order valence-electron chi connectivity index (χ1n) is 7.63. The Morgan fingerprint density at radius 1 is 0.926 bits per heavy atom. The van der Waals surface area contributed by atoms with E-state index in [1.807, 2.05) is 0 Å². The van der Waals surface area contributed by atoms with Crippen LogP contribution in [0.25, 0.3) is 0 Å². The molecule has 0 unspecified atom stereocenters. The second kappa shape index (κ2) is 7.85. The highest BCUT2D eigenvalue weighted by Gasteiger charge is 2.16. The topological polar surface area (TPSA) is 55.7 Å². The lowest BCUT2D eigenvalue weighted by molar-refractivity contribution is 0.486. The standard InChI is InChI=1S/C19H12ClF2NO3S/c20-14-3-8-17(9-4-14)27(24,25)26-16-6-1-13(2-7-16)12-23-19-10-5-15(21)11-18(19)22/h1-12H/b23-12+. The molecule has 0 saturated carbocycles. The molecule has 8 heteroatoms. The third kappa shape index (κ3) is 4.90. The lowest BCUT2D eigenvalue weighted by Gasteiger charge is -2.07. The number of aliphatic imine (C=N–C) groups is 1. The van der Waals surface area contributed by atoms with Gasteiger partial charge in [0, 0.05) is 17.3 Å². The molecule has 27 heavy (non-hydrogen) atoms. The Morgan fingerprint density at radius 3 is 2.22 bits per heavy atom. The van der Waals surface area contributed by atoms with E-state index >= 15 is 0 Å². The van der Waals surface area contributed by atoms with E-state index in [0.29, 0.717) is 10.6 Å². The molecule has 0 heterocycles. The van der Waals surface area contributed by atoms with Gasteiger partial charge in [-0.25, -0.2) is 8.78 Å². The molecule has 0 fully saturated rings. The molecule has 0 amide bonds. The molecule has 0 atom stereocenters. The minimum atomic E-state index is -3.99. The summed E-state index contributed by atoms with van der Waals surface area (Å²) in [4.78, 5) is 3.92. The van der Waals surface area contributed by atoms with Crippen molar-refractivity contribution in [3.05, 3.63) is 89.0 Å². The third-order valence-electron chi connectivity index (χ3n) is 3.45. The van der Waals surface area contributed by atoms with Gasteiger partial charge in [0.25, 0.3) is 0 Å². The van der Waals surface area contributed by atoms with Gasteiger partial charge in [-0.2, -0.15) is 8.42 Å². The van der Waals surface area contributed by atoms with Gasteiger partial charge in [0.05, 0.1) is 5.69 Å². The average Bonchev–Trinajstić information content (AvgIpc) is 2.62. The van der Waals surface area contributed by atoms with Gasteiger partial charge in [0.15, 0.2) is 5.82 Å². The molecular weight excluding hydrogens is 396 g/mol. The van der Waals surface area contributed by atoms with Crippen LogP contribution < -0.4 is 4.18 Å². The van der Waals surface area contributed by atoms with Crippen molar-refractivity contribution in [2.75, 3.05) is 0 Å². The van der Waals surface area contributed by atoms with E-state index in [-0.39, 0.29) is 16.3 Å². The molecule has 0 aliphatic rings. The molecule has 4 nitrogen and oxygen atoms in total. The van der Waals surface area contributed by atoms with Gasteiger partial charge in [-0.3, -0.25) is 4.99 Å². The Bertz CT molecular complexity index is 1080. The predicted octanol–water partition coefficient (Wildman–Crippen LogP) is 5.14. The van der Waals surface area contributed by atoms with Gasteiger partial charge in [0.1, 0.15) is 16.5 Å². The first-order chi connectivity index (χ1) is 12.8. The van der Waals surface area contributed by atoms with E-state index in [4.69, 9.17) is 15.8 Å². The summed E-state index contributed by atoms with van der Waals surface area (Å²) in [7, 11) is -3.99. The highest BCUT2D eigenvalue weighted by atomic mass is 35.5. The summed E-state index contributed by atoms with van der Waals surface area (Å²) < 4.78 is 55.9. The average molecular weight is 408 g/mol. The fourth-order valence-electron chi connectivity index (χ4n) is 2.12. The van der Waals surface area contributed by atoms with E-state index in [2.05, 4.69) is 4.99 Å². The molecule has 3 aromatic rings. The first-order valence-corrected chi connectivity index (χ1v) is 9.41. The van der Waals surface area contributed by atoms with Crippen LogP contribution in [-0.4, -0.2) is 14.6 Å². The monoisotopic (exact) mass is 407 g/mol. The highest BCUT2D eigenvalue weighted by molar-refractivity contribution is 7.87. The van der Waals surface area contributed by atoms with Crippen molar-refractivity contribution in [2.45, 2.75) is 4.90 Å². The fraction of sp³-hybridized carbons (Fsp3) is 0. The van der Waals surface area contributed by atoms with Crippen LogP contribution in [0.5, 0.6) is 5.75 Å². The molecular formula is C19H12ClF2NO3S. The second-order valence-electron chi connectivity index (χ2n) is 5.41. The van der Waals surface area contributed by atoms with Crippen molar-refractivity contribution in [3.8, 4) is 5.75 Å². The molecule has 0 radical (unpaired) electrons. The third-order valence-corrected chi connectivity index (χ3v) is 4.96.